The molecule has 0 radical (unpaired) electrons. The largest absolute Gasteiger partial charge is 0.327 e. The summed E-state index contributed by atoms with van der Waals surface area (Å²) < 4.78 is 14.1. The van der Waals surface area contributed by atoms with E-state index in [0.29, 0.717) is 5.69 Å². The van der Waals surface area contributed by atoms with Crippen LogP contribution in [0.3, 0.4) is 0 Å². The first-order valence-electron chi connectivity index (χ1n) is 5.22. The van der Waals surface area contributed by atoms with Crippen LogP contribution in [0.2, 0.25) is 0 Å². The molecule has 1 N–H and O–H groups in total. The summed E-state index contributed by atoms with van der Waals surface area (Å²) in [4.78, 5) is 11.9. The summed E-state index contributed by atoms with van der Waals surface area (Å²) >= 11 is 0. The molecule has 1 aliphatic heterocycles. The van der Waals surface area contributed by atoms with Gasteiger partial charge in [-0.25, -0.2) is 4.79 Å². The molecule has 0 aliphatic carbocycles. The predicted octanol–water partition coefficient (Wildman–Crippen LogP) is 2.48. The first-order valence-corrected chi connectivity index (χ1v) is 7.33. The van der Waals surface area contributed by atoms with Gasteiger partial charge in [-0.05, 0) is 26.0 Å². The molecule has 0 spiro atoms. The van der Waals surface area contributed by atoms with E-state index in [4.69, 9.17) is 0 Å². The van der Waals surface area contributed by atoms with E-state index in [-0.39, 0.29) is 12.1 Å². The minimum absolute atomic E-state index is 0.0795. The van der Waals surface area contributed by atoms with Crippen molar-refractivity contribution in [3.8, 4) is 0 Å². The van der Waals surface area contributed by atoms with Gasteiger partial charge in [0.2, 0.25) is 7.29 Å². The predicted molar refractivity (Wildman–Crippen MR) is 65.6 cm³/mol. The van der Waals surface area contributed by atoms with Gasteiger partial charge in [0.05, 0.1) is 11.0 Å². The fraction of sp³-hybridized carbons (Fsp3) is 0.364. The van der Waals surface area contributed by atoms with Crippen molar-refractivity contribution in [1.82, 2.24) is 4.67 Å². The Bertz CT molecular complexity index is 485. The molecule has 5 heteroatoms. The molecule has 0 saturated heterocycles. The zero-order chi connectivity index (χ0) is 11.9. The van der Waals surface area contributed by atoms with Crippen LogP contribution in [0.5, 0.6) is 0 Å². The fourth-order valence-corrected chi connectivity index (χ4v) is 4.53. The molecule has 16 heavy (non-hydrogen) atoms. The summed E-state index contributed by atoms with van der Waals surface area (Å²) in [6.07, 6.45) is 0. The maximum Gasteiger partial charge on any atom is 0.327 e. The van der Waals surface area contributed by atoms with Crippen LogP contribution in [0.4, 0.5) is 10.5 Å². The summed E-state index contributed by atoms with van der Waals surface area (Å²) in [6.45, 7) is 5.37. The summed E-state index contributed by atoms with van der Waals surface area (Å²) in [5, 5.41) is 3.49. The smallest absolute Gasteiger partial charge is 0.307 e. The third kappa shape index (κ3) is 1.54. The minimum atomic E-state index is -2.78. The quantitative estimate of drug-likeness (QED) is 0.764. The number of rotatable bonds is 1. The molecule has 2 amide bonds. The molecule has 0 fully saturated rings. The fourth-order valence-electron chi connectivity index (χ4n) is 2.08. The second-order valence-corrected chi connectivity index (χ2v) is 6.94. The van der Waals surface area contributed by atoms with E-state index in [1.807, 2.05) is 32.0 Å². The first kappa shape index (κ1) is 11.2. The van der Waals surface area contributed by atoms with Crippen LogP contribution in [0.25, 0.3) is 0 Å². The van der Waals surface area contributed by atoms with Gasteiger partial charge in [-0.15, -0.1) is 0 Å². The second kappa shape index (κ2) is 3.63. The van der Waals surface area contributed by atoms with E-state index in [1.165, 1.54) is 4.67 Å². The van der Waals surface area contributed by atoms with Crippen molar-refractivity contribution in [2.75, 3.05) is 12.0 Å². The van der Waals surface area contributed by atoms with Gasteiger partial charge in [0, 0.05) is 12.7 Å². The summed E-state index contributed by atoms with van der Waals surface area (Å²) in [5.74, 6) is 0. The molecule has 86 valence electrons. The van der Waals surface area contributed by atoms with Gasteiger partial charge in [-0.1, -0.05) is 12.1 Å². The van der Waals surface area contributed by atoms with E-state index >= 15 is 0 Å². The van der Waals surface area contributed by atoms with E-state index in [1.54, 1.807) is 12.7 Å². The van der Waals surface area contributed by atoms with Crippen LogP contribution in [0.15, 0.2) is 24.3 Å². The number of amides is 2. The number of fused-ring (bicyclic) bond motifs is 1. The minimum Gasteiger partial charge on any atom is -0.307 e. The summed E-state index contributed by atoms with van der Waals surface area (Å²) in [7, 11) is -2.78. The zero-order valence-corrected chi connectivity index (χ0v) is 10.5. The lowest BCUT2D eigenvalue weighted by Gasteiger charge is -2.37. The Balaban J connectivity index is 2.60. The SMILES string of the molecule is CC(C)N1C(=O)Nc2ccccc2P1(C)=O. The number of hydrogen-bond donors (Lipinski definition) is 1. The van der Waals surface area contributed by atoms with Crippen LogP contribution >= 0.6 is 7.29 Å². The number of anilines is 1. The Hall–Kier alpha value is -1.28. The van der Waals surface area contributed by atoms with E-state index < -0.39 is 7.29 Å². The molecule has 1 aromatic rings. The van der Waals surface area contributed by atoms with Gasteiger partial charge >= 0.3 is 6.03 Å². The van der Waals surface area contributed by atoms with E-state index in [2.05, 4.69) is 5.32 Å². The zero-order valence-electron chi connectivity index (χ0n) is 9.60. The van der Waals surface area contributed by atoms with Crippen molar-refractivity contribution in [2.24, 2.45) is 0 Å². The average molecular weight is 238 g/mol. The molecule has 0 saturated carbocycles. The van der Waals surface area contributed by atoms with Crippen LogP contribution in [-0.4, -0.2) is 23.4 Å². The lowest BCUT2D eigenvalue weighted by molar-refractivity contribution is 0.229. The maximum atomic E-state index is 12.7. The van der Waals surface area contributed by atoms with Crippen molar-refractivity contribution in [3.05, 3.63) is 24.3 Å². The Kier molecular flexibility index (Phi) is 2.55. The van der Waals surface area contributed by atoms with Gasteiger partial charge in [0.1, 0.15) is 0 Å². The Morgan fingerprint density at radius 2 is 1.94 bits per heavy atom. The van der Waals surface area contributed by atoms with Crippen LogP contribution < -0.4 is 10.6 Å². The lowest BCUT2D eigenvalue weighted by atomic mass is 10.3. The molecule has 4 nitrogen and oxygen atoms in total. The normalized spacial score (nSPS) is 24.2. The highest BCUT2D eigenvalue weighted by Crippen LogP contribution is 2.50. The first-order chi connectivity index (χ1) is 7.44. The number of para-hydroxylation sites is 1. The molecule has 1 heterocycles. The van der Waals surface area contributed by atoms with E-state index in [0.717, 1.165) is 5.30 Å². The van der Waals surface area contributed by atoms with Gasteiger partial charge in [-0.3, -0.25) is 9.24 Å². The number of carbonyl (C=O) groups excluding carboxylic acids is 1. The van der Waals surface area contributed by atoms with Crippen molar-refractivity contribution in [1.29, 1.82) is 0 Å². The van der Waals surface area contributed by atoms with Crippen molar-refractivity contribution >= 4 is 24.3 Å². The van der Waals surface area contributed by atoms with Crippen LogP contribution in [-0.2, 0) is 4.57 Å². The summed E-state index contributed by atoms with van der Waals surface area (Å²) in [6, 6.07) is 6.89. The third-order valence-corrected chi connectivity index (χ3v) is 5.45. The highest BCUT2D eigenvalue weighted by molar-refractivity contribution is 7.69. The Morgan fingerprint density at radius 3 is 2.56 bits per heavy atom. The number of carbonyl (C=O) groups is 1. The molecule has 0 aromatic heterocycles. The lowest BCUT2D eigenvalue weighted by Crippen LogP contribution is -2.44. The number of benzene rings is 1. The van der Waals surface area contributed by atoms with Gasteiger partial charge < -0.3 is 5.32 Å². The van der Waals surface area contributed by atoms with Gasteiger partial charge in [0.15, 0.2) is 0 Å². The topological polar surface area (TPSA) is 49.4 Å². The number of nitrogens with zero attached hydrogens (tertiary/aromatic N) is 1. The Labute approximate surface area is 95.1 Å². The molecule has 1 unspecified atom stereocenters. The molecule has 2 rings (SSSR count). The molecular formula is C11H15N2O2P. The highest BCUT2D eigenvalue weighted by atomic mass is 31.2. The molecule has 1 aromatic carbocycles. The van der Waals surface area contributed by atoms with Crippen LogP contribution in [0, 0.1) is 0 Å². The monoisotopic (exact) mass is 238 g/mol. The Morgan fingerprint density at radius 1 is 1.31 bits per heavy atom. The van der Waals surface area contributed by atoms with Crippen molar-refractivity contribution in [2.45, 2.75) is 19.9 Å². The molecule has 1 atom stereocenters. The standard InChI is InChI=1S/C11H15N2O2P/c1-8(2)13-11(14)12-9-6-4-5-7-10(9)16(13,3)15/h4-8H,1-3H3,(H,12,14). The molecule has 0 bridgehead atoms. The summed E-state index contributed by atoms with van der Waals surface area (Å²) in [5.41, 5.74) is 0.662. The highest BCUT2D eigenvalue weighted by Gasteiger charge is 2.39. The number of hydrogen-bond acceptors (Lipinski definition) is 2. The maximum absolute atomic E-state index is 12.7. The average Bonchev–Trinajstić information content (AvgIpc) is 2.15. The number of urea groups is 1. The van der Waals surface area contributed by atoms with Crippen molar-refractivity contribution in [3.63, 3.8) is 0 Å². The number of nitrogens with one attached hydrogen (secondary N) is 1. The van der Waals surface area contributed by atoms with Gasteiger partial charge in [0.25, 0.3) is 0 Å². The second-order valence-electron chi connectivity index (χ2n) is 4.26. The molecular weight excluding hydrogens is 223 g/mol. The van der Waals surface area contributed by atoms with Crippen LogP contribution in [0.1, 0.15) is 13.8 Å². The van der Waals surface area contributed by atoms with Crippen molar-refractivity contribution < 1.29 is 9.36 Å². The third-order valence-electron chi connectivity index (χ3n) is 2.70. The van der Waals surface area contributed by atoms with Gasteiger partial charge in [-0.2, -0.15) is 0 Å². The van der Waals surface area contributed by atoms with E-state index in [9.17, 15) is 9.36 Å². The molecule has 1 aliphatic rings.